The lowest BCUT2D eigenvalue weighted by atomic mass is 10.2. The fourth-order valence-corrected chi connectivity index (χ4v) is 1.45. The highest BCUT2D eigenvalue weighted by Crippen LogP contribution is 1.97. The predicted octanol–water partition coefficient (Wildman–Crippen LogP) is 0.870. The third-order valence-corrected chi connectivity index (χ3v) is 2.31. The number of hydrogen-bond donors (Lipinski definition) is 2. The Morgan fingerprint density at radius 1 is 1.59 bits per heavy atom. The van der Waals surface area contributed by atoms with Crippen LogP contribution in [0.5, 0.6) is 0 Å². The fraction of sp³-hybridized carbons (Fsp3) is 0.500. The van der Waals surface area contributed by atoms with Crippen LogP contribution in [0.3, 0.4) is 0 Å². The van der Waals surface area contributed by atoms with Crippen molar-refractivity contribution in [1.29, 1.82) is 0 Å². The number of rotatable bonds is 6. The van der Waals surface area contributed by atoms with Gasteiger partial charge in [0, 0.05) is 39.1 Å². The molecule has 17 heavy (non-hydrogen) atoms. The molecule has 0 amide bonds. The van der Waals surface area contributed by atoms with E-state index >= 15 is 0 Å². The number of aromatic nitrogens is 2. The van der Waals surface area contributed by atoms with Crippen LogP contribution in [0.25, 0.3) is 0 Å². The monoisotopic (exact) mass is 235 g/mol. The highest BCUT2D eigenvalue weighted by atomic mass is 15.3. The van der Waals surface area contributed by atoms with E-state index in [-0.39, 0.29) is 0 Å². The average Bonchev–Trinajstić information content (AvgIpc) is 2.82. The molecule has 1 aromatic rings. The van der Waals surface area contributed by atoms with E-state index in [1.165, 1.54) is 0 Å². The summed E-state index contributed by atoms with van der Waals surface area (Å²) in [6.07, 6.45) is 5.58. The van der Waals surface area contributed by atoms with E-state index in [0.717, 1.165) is 19.0 Å². The Labute approximate surface area is 103 Å². The Morgan fingerprint density at radius 2 is 2.41 bits per heavy atom. The average molecular weight is 235 g/mol. The molecule has 1 rings (SSSR count). The van der Waals surface area contributed by atoms with Crippen LogP contribution in [0.15, 0.2) is 36.1 Å². The Bertz CT molecular complexity index is 342. The summed E-state index contributed by atoms with van der Waals surface area (Å²) in [5.74, 6) is 1.29. The lowest BCUT2D eigenvalue weighted by Gasteiger charge is -2.15. The second-order valence-electron chi connectivity index (χ2n) is 3.96. The van der Waals surface area contributed by atoms with Gasteiger partial charge >= 0.3 is 0 Å². The van der Waals surface area contributed by atoms with Crippen LogP contribution in [-0.4, -0.2) is 35.9 Å². The largest absolute Gasteiger partial charge is 0.356 e. The van der Waals surface area contributed by atoms with Gasteiger partial charge < -0.3 is 10.6 Å². The zero-order chi connectivity index (χ0) is 12.5. The van der Waals surface area contributed by atoms with Gasteiger partial charge in [-0.2, -0.15) is 5.10 Å². The van der Waals surface area contributed by atoms with E-state index < -0.39 is 0 Å². The number of nitrogens with one attached hydrogen (secondary N) is 2. The summed E-state index contributed by atoms with van der Waals surface area (Å²) in [6.45, 7) is 8.31. The van der Waals surface area contributed by atoms with Gasteiger partial charge in [-0.05, 0) is 12.0 Å². The van der Waals surface area contributed by atoms with Gasteiger partial charge in [0.1, 0.15) is 0 Å². The van der Waals surface area contributed by atoms with E-state index in [9.17, 15) is 0 Å². The zero-order valence-electron chi connectivity index (χ0n) is 10.6. The second-order valence-corrected chi connectivity index (χ2v) is 3.96. The molecule has 0 fully saturated rings. The molecule has 0 saturated heterocycles. The van der Waals surface area contributed by atoms with Gasteiger partial charge in [0.25, 0.3) is 0 Å². The maximum absolute atomic E-state index is 4.18. The van der Waals surface area contributed by atoms with Crippen molar-refractivity contribution < 1.29 is 0 Å². The number of nitrogens with zero attached hydrogens (tertiary/aromatic N) is 3. The molecule has 0 bridgehead atoms. The summed E-state index contributed by atoms with van der Waals surface area (Å²) in [5, 5.41) is 10.6. The summed E-state index contributed by atoms with van der Waals surface area (Å²) in [6, 6.07) is 1.94. The van der Waals surface area contributed by atoms with Crippen LogP contribution >= 0.6 is 0 Å². The lowest BCUT2D eigenvalue weighted by molar-refractivity contribution is 0.443. The fourth-order valence-electron chi connectivity index (χ4n) is 1.45. The van der Waals surface area contributed by atoms with Gasteiger partial charge in [-0.1, -0.05) is 13.0 Å². The first-order chi connectivity index (χ1) is 8.26. The highest BCUT2D eigenvalue weighted by molar-refractivity contribution is 5.79. The van der Waals surface area contributed by atoms with Crippen LogP contribution < -0.4 is 10.6 Å². The molecular weight excluding hydrogens is 214 g/mol. The predicted molar refractivity (Wildman–Crippen MR) is 71.0 cm³/mol. The first-order valence-electron chi connectivity index (χ1n) is 5.79. The normalized spacial score (nSPS) is 13.2. The SMILES string of the molecule is C=CCNC(=NC)NCC(C)Cn1cccn1. The molecule has 0 saturated carbocycles. The molecule has 1 atom stereocenters. The minimum Gasteiger partial charge on any atom is -0.356 e. The molecule has 1 heterocycles. The van der Waals surface area contributed by atoms with Crippen molar-refractivity contribution in [3.05, 3.63) is 31.1 Å². The van der Waals surface area contributed by atoms with Gasteiger partial charge in [0.15, 0.2) is 5.96 Å². The van der Waals surface area contributed by atoms with Crippen molar-refractivity contribution >= 4 is 5.96 Å². The quantitative estimate of drug-likeness (QED) is 0.437. The third-order valence-electron chi connectivity index (χ3n) is 2.31. The lowest BCUT2D eigenvalue weighted by Crippen LogP contribution is -2.40. The second kappa shape index (κ2) is 7.49. The number of aliphatic imine (C=N–C) groups is 1. The van der Waals surface area contributed by atoms with Gasteiger partial charge in [0.05, 0.1) is 0 Å². The molecule has 1 aromatic heterocycles. The van der Waals surface area contributed by atoms with Gasteiger partial charge in [-0.3, -0.25) is 9.67 Å². The van der Waals surface area contributed by atoms with Gasteiger partial charge in [-0.15, -0.1) is 6.58 Å². The van der Waals surface area contributed by atoms with E-state index in [1.807, 2.05) is 16.9 Å². The minimum absolute atomic E-state index is 0.484. The zero-order valence-corrected chi connectivity index (χ0v) is 10.6. The molecule has 0 aromatic carbocycles. The summed E-state index contributed by atoms with van der Waals surface area (Å²) in [4.78, 5) is 4.12. The van der Waals surface area contributed by atoms with E-state index in [1.54, 1.807) is 19.3 Å². The molecule has 0 aliphatic rings. The van der Waals surface area contributed by atoms with Crippen LogP contribution in [0.2, 0.25) is 0 Å². The minimum atomic E-state index is 0.484. The summed E-state index contributed by atoms with van der Waals surface area (Å²) in [7, 11) is 1.76. The van der Waals surface area contributed by atoms with Gasteiger partial charge in [-0.25, -0.2) is 0 Å². The molecule has 0 aliphatic carbocycles. The molecular formula is C12H21N5. The molecule has 1 unspecified atom stereocenters. The maximum atomic E-state index is 4.18. The molecule has 5 nitrogen and oxygen atoms in total. The Balaban J connectivity index is 2.26. The summed E-state index contributed by atoms with van der Waals surface area (Å²) >= 11 is 0. The first kappa shape index (κ1) is 13.3. The summed E-state index contributed by atoms with van der Waals surface area (Å²) < 4.78 is 1.94. The first-order valence-corrected chi connectivity index (χ1v) is 5.79. The van der Waals surface area contributed by atoms with Crippen LogP contribution in [0, 0.1) is 5.92 Å². The third kappa shape index (κ3) is 5.19. The van der Waals surface area contributed by atoms with Crippen LogP contribution in [0.1, 0.15) is 6.92 Å². The van der Waals surface area contributed by atoms with Crippen molar-refractivity contribution in [3.8, 4) is 0 Å². The van der Waals surface area contributed by atoms with E-state index in [0.29, 0.717) is 12.5 Å². The molecule has 0 spiro atoms. The van der Waals surface area contributed by atoms with Crippen LogP contribution in [-0.2, 0) is 6.54 Å². The van der Waals surface area contributed by atoms with Gasteiger partial charge in [0.2, 0.25) is 0 Å². The number of hydrogen-bond acceptors (Lipinski definition) is 2. The topological polar surface area (TPSA) is 54.2 Å². The molecule has 2 N–H and O–H groups in total. The maximum Gasteiger partial charge on any atom is 0.191 e. The van der Waals surface area contributed by atoms with Crippen LogP contribution in [0.4, 0.5) is 0 Å². The molecule has 0 aliphatic heterocycles. The van der Waals surface area contributed by atoms with E-state index in [2.05, 4.69) is 34.2 Å². The van der Waals surface area contributed by atoms with Crippen molar-refractivity contribution in [1.82, 2.24) is 20.4 Å². The number of guanidine groups is 1. The molecule has 94 valence electrons. The van der Waals surface area contributed by atoms with Crippen molar-refractivity contribution in [2.24, 2.45) is 10.9 Å². The smallest absolute Gasteiger partial charge is 0.191 e. The Morgan fingerprint density at radius 3 is 3.00 bits per heavy atom. The Hall–Kier alpha value is -1.78. The van der Waals surface area contributed by atoms with E-state index in [4.69, 9.17) is 0 Å². The molecule has 0 radical (unpaired) electrons. The summed E-state index contributed by atoms with van der Waals surface area (Å²) in [5.41, 5.74) is 0. The molecule has 5 heteroatoms. The standard InChI is InChI=1S/C12H21N5/c1-4-6-14-12(13-3)15-9-11(2)10-17-8-5-7-16-17/h4-5,7-8,11H,1,6,9-10H2,2-3H3,(H2,13,14,15). The van der Waals surface area contributed by atoms with Crippen molar-refractivity contribution in [2.45, 2.75) is 13.5 Å². The van der Waals surface area contributed by atoms with Crippen molar-refractivity contribution in [2.75, 3.05) is 20.1 Å². The highest BCUT2D eigenvalue weighted by Gasteiger charge is 2.04. The van der Waals surface area contributed by atoms with Crippen molar-refractivity contribution in [3.63, 3.8) is 0 Å². The Kier molecular flexibility index (Phi) is 5.85.